The van der Waals surface area contributed by atoms with Crippen molar-refractivity contribution in [3.05, 3.63) is 65.7 Å². The molecule has 4 nitrogen and oxygen atoms in total. The summed E-state index contributed by atoms with van der Waals surface area (Å²) in [6.07, 6.45) is 0.675. The largest absolute Gasteiger partial charge is 0.489 e. The average molecular weight is 310 g/mol. The van der Waals surface area contributed by atoms with E-state index in [0.717, 1.165) is 16.9 Å². The maximum atomic E-state index is 11.9. The number of hydrogen-bond donors (Lipinski definition) is 2. The number of rotatable bonds is 5. The van der Waals surface area contributed by atoms with Crippen molar-refractivity contribution >= 4 is 5.91 Å². The number of carbonyl (C=O) groups excluding carboxylic acids is 1. The van der Waals surface area contributed by atoms with Crippen LogP contribution in [0.5, 0.6) is 5.75 Å². The minimum absolute atomic E-state index is 0.0550. The fourth-order valence-corrected chi connectivity index (χ4v) is 2.77. The molecule has 2 aromatic carbocycles. The van der Waals surface area contributed by atoms with Crippen LogP contribution in [0.3, 0.4) is 0 Å². The van der Waals surface area contributed by atoms with Crippen molar-refractivity contribution in [3.63, 3.8) is 0 Å². The summed E-state index contributed by atoms with van der Waals surface area (Å²) >= 11 is 0. The first-order valence-corrected chi connectivity index (χ1v) is 7.87. The predicted molar refractivity (Wildman–Crippen MR) is 90.1 cm³/mol. The van der Waals surface area contributed by atoms with E-state index in [2.05, 4.69) is 10.6 Å². The Balaban J connectivity index is 1.56. The lowest BCUT2D eigenvalue weighted by molar-refractivity contribution is -0.120. The van der Waals surface area contributed by atoms with Gasteiger partial charge in [-0.15, -0.1) is 0 Å². The average Bonchev–Trinajstić information content (AvgIpc) is 2.80. The highest BCUT2D eigenvalue weighted by molar-refractivity contribution is 5.85. The molecule has 0 radical (unpaired) electrons. The molecule has 1 fully saturated rings. The molecular weight excluding hydrogens is 288 g/mol. The molecule has 0 unspecified atom stereocenters. The molecule has 3 rings (SSSR count). The highest BCUT2D eigenvalue weighted by atomic mass is 16.5. The highest BCUT2D eigenvalue weighted by Crippen LogP contribution is 2.17. The van der Waals surface area contributed by atoms with Gasteiger partial charge < -0.3 is 10.1 Å². The fourth-order valence-electron chi connectivity index (χ4n) is 2.77. The zero-order valence-corrected chi connectivity index (χ0v) is 13.5. The van der Waals surface area contributed by atoms with Gasteiger partial charge in [0.05, 0.1) is 11.7 Å². The second-order valence-electron chi connectivity index (χ2n) is 6.43. The maximum Gasteiger partial charge on any atom is 0.238 e. The van der Waals surface area contributed by atoms with E-state index < -0.39 is 0 Å². The second kappa shape index (κ2) is 6.42. The third-order valence-corrected chi connectivity index (χ3v) is 3.90. The van der Waals surface area contributed by atoms with E-state index in [9.17, 15) is 4.79 Å². The van der Waals surface area contributed by atoms with Crippen LogP contribution in [0.2, 0.25) is 0 Å². The Bertz CT molecular complexity index is 666. The molecule has 0 aliphatic carbocycles. The standard InChI is InChI=1S/C19H22N2O2/c1-19(2)20-17(18(22)21-19)12-14-8-10-16(11-9-14)23-13-15-6-4-3-5-7-15/h3-11,17,20H,12-13H2,1-2H3,(H,21,22)/t17-/m0/s1. The molecule has 1 atom stereocenters. The summed E-state index contributed by atoms with van der Waals surface area (Å²) in [5.41, 5.74) is 1.92. The van der Waals surface area contributed by atoms with Gasteiger partial charge in [-0.2, -0.15) is 0 Å². The van der Waals surface area contributed by atoms with Crippen molar-refractivity contribution in [2.75, 3.05) is 0 Å². The van der Waals surface area contributed by atoms with Crippen LogP contribution in [0.25, 0.3) is 0 Å². The lowest BCUT2D eigenvalue weighted by Crippen LogP contribution is -2.44. The van der Waals surface area contributed by atoms with Crippen LogP contribution in [0, 0.1) is 0 Å². The number of hydrogen-bond acceptors (Lipinski definition) is 3. The van der Waals surface area contributed by atoms with Gasteiger partial charge in [-0.1, -0.05) is 42.5 Å². The number of benzene rings is 2. The summed E-state index contributed by atoms with van der Waals surface area (Å²) in [5, 5.41) is 6.24. The zero-order valence-electron chi connectivity index (χ0n) is 13.5. The van der Waals surface area contributed by atoms with Crippen molar-refractivity contribution < 1.29 is 9.53 Å². The van der Waals surface area contributed by atoms with Crippen LogP contribution >= 0.6 is 0 Å². The second-order valence-corrected chi connectivity index (χ2v) is 6.43. The molecule has 0 aromatic heterocycles. The molecule has 1 aliphatic rings. The van der Waals surface area contributed by atoms with Gasteiger partial charge in [0.1, 0.15) is 12.4 Å². The Hall–Kier alpha value is -2.33. The Labute approximate surface area is 136 Å². The monoisotopic (exact) mass is 310 g/mol. The number of ether oxygens (including phenoxy) is 1. The van der Waals surface area contributed by atoms with E-state index in [1.165, 1.54) is 0 Å². The van der Waals surface area contributed by atoms with E-state index in [0.29, 0.717) is 13.0 Å². The van der Waals surface area contributed by atoms with Crippen molar-refractivity contribution in [2.24, 2.45) is 0 Å². The van der Waals surface area contributed by atoms with E-state index in [4.69, 9.17) is 4.74 Å². The summed E-state index contributed by atoms with van der Waals surface area (Å²) in [4.78, 5) is 11.9. The van der Waals surface area contributed by atoms with E-state index >= 15 is 0 Å². The van der Waals surface area contributed by atoms with Gasteiger partial charge in [0.15, 0.2) is 0 Å². The third kappa shape index (κ3) is 4.11. The molecule has 2 aromatic rings. The van der Waals surface area contributed by atoms with Crippen molar-refractivity contribution in [2.45, 2.75) is 38.6 Å². The number of amides is 1. The Morgan fingerprint density at radius 1 is 1.00 bits per heavy atom. The van der Waals surface area contributed by atoms with Crippen LogP contribution < -0.4 is 15.4 Å². The van der Waals surface area contributed by atoms with Gasteiger partial charge in [-0.25, -0.2) is 0 Å². The number of carbonyl (C=O) groups is 1. The van der Waals surface area contributed by atoms with Crippen molar-refractivity contribution in [1.82, 2.24) is 10.6 Å². The molecule has 4 heteroatoms. The third-order valence-electron chi connectivity index (χ3n) is 3.90. The molecular formula is C19H22N2O2. The van der Waals surface area contributed by atoms with E-state index in [1.54, 1.807) is 0 Å². The van der Waals surface area contributed by atoms with Crippen LogP contribution in [-0.4, -0.2) is 17.6 Å². The van der Waals surface area contributed by atoms with Crippen molar-refractivity contribution in [3.8, 4) is 5.75 Å². The lowest BCUT2D eigenvalue weighted by Gasteiger charge is -2.18. The van der Waals surface area contributed by atoms with Crippen molar-refractivity contribution in [1.29, 1.82) is 0 Å². The molecule has 1 aliphatic heterocycles. The summed E-state index contributed by atoms with van der Waals surface area (Å²) in [6.45, 7) is 4.48. The first kappa shape index (κ1) is 15.6. The molecule has 0 spiro atoms. The number of nitrogens with one attached hydrogen (secondary N) is 2. The Morgan fingerprint density at radius 2 is 1.70 bits per heavy atom. The maximum absolute atomic E-state index is 11.9. The molecule has 23 heavy (non-hydrogen) atoms. The quantitative estimate of drug-likeness (QED) is 0.892. The summed E-state index contributed by atoms with van der Waals surface area (Å²) in [7, 11) is 0. The minimum atomic E-state index is -0.333. The summed E-state index contributed by atoms with van der Waals surface area (Å²) in [6, 6.07) is 17.8. The smallest absolute Gasteiger partial charge is 0.238 e. The molecule has 1 saturated heterocycles. The summed E-state index contributed by atoms with van der Waals surface area (Å²) < 4.78 is 5.78. The normalized spacial score (nSPS) is 19.4. The molecule has 1 amide bonds. The molecule has 120 valence electrons. The van der Waals surface area contributed by atoms with Crippen LogP contribution in [0.15, 0.2) is 54.6 Å². The van der Waals surface area contributed by atoms with E-state index in [1.807, 2.05) is 68.4 Å². The van der Waals surface area contributed by atoms with Gasteiger partial charge in [0.25, 0.3) is 0 Å². The van der Waals surface area contributed by atoms with Gasteiger partial charge in [0.2, 0.25) is 5.91 Å². The first-order valence-electron chi connectivity index (χ1n) is 7.87. The minimum Gasteiger partial charge on any atom is -0.489 e. The van der Waals surface area contributed by atoms with Crippen LogP contribution in [0.1, 0.15) is 25.0 Å². The Kier molecular flexibility index (Phi) is 4.35. The Morgan fingerprint density at radius 3 is 2.30 bits per heavy atom. The SMILES string of the molecule is CC1(C)NC(=O)[C@H](Cc2ccc(OCc3ccccc3)cc2)N1. The first-order chi connectivity index (χ1) is 11.0. The molecule has 0 bridgehead atoms. The molecule has 1 heterocycles. The zero-order chi connectivity index (χ0) is 16.3. The van der Waals surface area contributed by atoms with Gasteiger partial charge >= 0.3 is 0 Å². The molecule has 2 N–H and O–H groups in total. The fraction of sp³-hybridized carbons (Fsp3) is 0.316. The lowest BCUT2D eigenvalue weighted by atomic mass is 10.1. The topological polar surface area (TPSA) is 50.4 Å². The van der Waals surface area contributed by atoms with E-state index in [-0.39, 0.29) is 17.6 Å². The van der Waals surface area contributed by atoms with Gasteiger partial charge in [-0.05, 0) is 43.5 Å². The molecule has 0 saturated carbocycles. The van der Waals surface area contributed by atoms with Gasteiger partial charge in [-0.3, -0.25) is 10.1 Å². The summed E-state index contributed by atoms with van der Waals surface area (Å²) in [5.74, 6) is 0.890. The van der Waals surface area contributed by atoms with Crippen LogP contribution in [0.4, 0.5) is 0 Å². The van der Waals surface area contributed by atoms with Crippen LogP contribution in [-0.2, 0) is 17.8 Å². The predicted octanol–water partition coefficient (Wildman–Crippen LogP) is 2.63. The van der Waals surface area contributed by atoms with Gasteiger partial charge in [0, 0.05) is 0 Å². The highest BCUT2D eigenvalue weighted by Gasteiger charge is 2.36.